The van der Waals surface area contributed by atoms with Crippen LogP contribution in [0.5, 0.6) is 0 Å². The molecular weight excluding hydrogens is 216 g/mol. The molecule has 1 unspecified atom stereocenters. The largest absolute Gasteiger partial charge is 0.481 e. The maximum absolute atomic E-state index is 10.6. The summed E-state index contributed by atoms with van der Waals surface area (Å²) in [5, 5.41) is 9.28. The average molecular weight is 227 g/mol. The molecule has 0 fully saturated rings. The van der Waals surface area contributed by atoms with Crippen molar-refractivity contribution in [3.05, 3.63) is 34.9 Å². The van der Waals surface area contributed by atoms with Gasteiger partial charge in [-0.25, -0.2) is 0 Å². The summed E-state index contributed by atoms with van der Waals surface area (Å²) >= 11 is 5.71. The number of carboxylic acid groups (broad SMARTS) is 1. The van der Waals surface area contributed by atoms with Gasteiger partial charge in [0.15, 0.2) is 0 Å². The van der Waals surface area contributed by atoms with E-state index in [1.54, 1.807) is 24.3 Å². The van der Waals surface area contributed by atoms with Crippen molar-refractivity contribution < 1.29 is 14.7 Å². The van der Waals surface area contributed by atoms with Crippen molar-refractivity contribution in [3.8, 4) is 0 Å². The first-order valence-corrected chi connectivity index (χ1v) is 4.92. The molecule has 0 radical (unpaired) electrons. The van der Waals surface area contributed by atoms with Gasteiger partial charge in [-0.2, -0.15) is 0 Å². The normalized spacial score (nSPS) is 12.1. The zero-order valence-corrected chi connectivity index (χ0v) is 8.78. The van der Waals surface area contributed by atoms with Gasteiger partial charge >= 0.3 is 5.97 Å². The van der Waals surface area contributed by atoms with Gasteiger partial charge in [0.2, 0.25) is 0 Å². The second-order valence-electron chi connectivity index (χ2n) is 3.25. The lowest BCUT2D eigenvalue weighted by atomic mass is 9.93. The van der Waals surface area contributed by atoms with Crippen molar-refractivity contribution in [2.24, 2.45) is 0 Å². The Labute approximate surface area is 92.7 Å². The summed E-state index contributed by atoms with van der Waals surface area (Å²) in [6.45, 7) is 0. The molecule has 0 heterocycles. The van der Waals surface area contributed by atoms with E-state index in [0.717, 1.165) is 11.8 Å². The predicted octanol–water partition coefficient (Wildman–Crippen LogP) is 2.49. The molecule has 1 aromatic carbocycles. The van der Waals surface area contributed by atoms with Crippen LogP contribution in [0.2, 0.25) is 5.02 Å². The number of rotatable bonds is 5. The summed E-state index contributed by atoms with van der Waals surface area (Å²) in [7, 11) is 0. The molecule has 0 bridgehead atoms. The monoisotopic (exact) mass is 226 g/mol. The van der Waals surface area contributed by atoms with E-state index in [1.807, 2.05) is 0 Å². The predicted molar refractivity (Wildman–Crippen MR) is 57.1 cm³/mol. The second kappa shape index (κ2) is 5.51. The summed E-state index contributed by atoms with van der Waals surface area (Å²) in [6, 6.07) is 6.88. The summed E-state index contributed by atoms with van der Waals surface area (Å²) in [5.41, 5.74) is 0.828. The zero-order chi connectivity index (χ0) is 11.3. The first-order chi connectivity index (χ1) is 7.13. The van der Waals surface area contributed by atoms with Crippen LogP contribution < -0.4 is 0 Å². The van der Waals surface area contributed by atoms with Gasteiger partial charge in [-0.3, -0.25) is 4.79 Å². The molecule has 0 saturated carbocycles. The molecule has 0 saturated heterocycles. The fraction of sp³-hybridized carbons (Fsp3) is 0.273. The lowest BCUT2D eigenvalue weighted by Gasteiger charge is -2.11. The molecule has 4 heteroatoms. The number of aldehydes is 1. The third kappa shape index (κ3) is 3.72. The third-order valence-electron chi connectivity index (χ3n) is 2.14. The van der Waals surface area contributed by atoms with Gasteiger partial charge in [-0.1, -0.05) is 23.7 Å². The van der Waals surface area contributed by atoms with E-state index in [0.29, 0.717) is 5.02 Å². The SMILES string of the molecule is O=CCC(CC(=O)O)c1ccc(Cl)cc1. The highest BCUT2D eigenvalue weighted by Gasteiger charge is 2.14. The fourth-order valence-corrected chi connectivity index (χ4v) is 1.53. The average Bonchev–Trinajstić information content (AvgIpc) is 2.17. The van der Waals surface area contributed by atoms with Gasteiger partial charge in [0.05, 0.1) is 6.42 Å². The summed E-state index contributed by atoms with van der Waals surface area (Å²) in [4.78, 5) is 21.0. The van der Waals surface area contributed by atoms with Crippen LogP contribution in [0.3, 0.4) is 0 Å². The van der Waals surface area contributed by atoms with Crippen LogP contribution in [0.25, 0.3) is 0 Å². The number of hydrogen-bond acceptors (Lipinski definition) is 2. The van der Waals surface area contributed by atoms with E-state index >= 15 is 0 Å². The highest BCUT2D eigenvalue weighted by Crippen LogP contribution is 2.23. The number of carbonyl (C=O) groups is 2. The van der Waals surface area contributed by atoms with Gasteiger partial charge in [-0.15, -0.1) is 0 Å². The van der Waals surface area contributed by atoms with Crippen LogP contribution >= 0.6 is 11.6 Å². The number of hydrogen-bond donors (Lipinski definition) is 1. The Morgan fingerprint density at radius 3 is 2.47 bits per heavy atom. The van der Waals surface area contributed by atoms with Gasteiger partial charge < -0.3 is 9.90 Å². The fourth-order valence-electron chi connectivity index (χ4n) is 1.40. The van der Waals surface area contributed by atoms with E-state index in [1.165, 1.54) is 0 Å². The topological polar surface area (TPSA) is 54.4 Å². The summed E-state index contributed by atoms with van der Waals surface area (Å²) in [6.07, 6.45) is 0.913. The molecule has 0 amide bonds. The Balaban J connectivity index is 2.83. The number of carboxylic acids is 1. The van der Waals surface area contributed by atoms with Gasteiger partial charge in [0.1, 0.15) is 6.29 Å². The molecule has 15 heavy (non-hydrogen) atoms. The smallest absolute Gasteiger partial charge is 0.303 e. The van der Waals surface area contributed by atoms with Crippen molar-refractivity contribution in [2.75, 3.05) is 0 Å². The maximum atomic E-state index is 10.6. The molecule has 0 aliphatic rings. The van der Waals surface area contributed by atoms with Gasteiger partial charge in [0.25, 0.3) is 0 Å². The molecule has 3 nitrogen and oxygen atoms in total. The van der Waals surface area contributed by atoms with E-state index in [2.05, 4.69) is 0 Å². The molecule has 1 rings (SSSR count). The Hall–Kier alpha value is -1.35. The Morgan fingerprint density at radius 2 is 2.00 bits per heavy atom. The first-order valence-electron chi connectivity index (χ1n) is 4.54. The molecule has 80 valence electrons. The van der Waals surface area contributed by atoms with Crippen LogP contribution in [0, 0.1) is 0 Å². The van der Waals surface area contributed by atoms with Crippen molar-refractivity contribution in [1.29, 1.82) is 0 Å². The molecule has 0 spiro atoms. The number of benzene rings is 1. The van der Waals surface area contributed by atoms with Crippen LogP contribution in [-0.2, 0) is 9.59 Å². The van der Waals surface area contributed by atoms with E-state index < -0.39 is 5.97 Å². The highest BCUT2D eigenvalue weighted by atomic mass is 35.5. The van der Waals surface area contributed by atoms with Crippen LogP contribution in [0.4, 0.5) is 0 Å². The van der Waals surface area contributed by atoms with Crippen LogP contribution in [0.1, 0.15) is 24.3 Å². The maximum Gasteiger partial charge on any atom is 0.303 e. The third-order valence-corrected chi connectivity index (χ3v) is 2.40. The van der Waals surface area contributed by atoms with Crippen molar-refractivity contribution in [2.45, 2.75) is 18.8 Å². The Morgan fingerprint density at radius 1 is 1.40 bits per heavy atom. The van der Waals surface area contributed by atoms with Gasteiger partial charge in [0, 0.05) is 17.4 Å². The number of carbonyl (C=O) groups excluding carboxylic acids is 1. The van der Waals surface area contributed by atoms with E-state index in [-0.39, 0.29) is 18.8 Å². The number of aliphatic carboxylic acids is 1. The number of halogens is 1. The van der Waals surface area contributed by atoms with Crippen LogP contribution in [-0.4, -0.2) is 17.4 Å². The van der Waals surface area contributed by atoms with E-state index in [4.69, 9.17) is 16.7 Å². The quantitative estimate of drug-likeness (QED) is 0.785. The minimum absolute atomic E-state index is 0.0413. The molecular formula is C11H11ClO3. The lowest BCUT2D eigenvalue weighted by Crippen LogP contribution is -2.06. The molecule has 0 aliphatic heterocycles. The van der Waals surface area contributed by atoms with Gasteiger partial charge in [-0.05, 0) is 17.7 Å². The minimum Gasteiger partial charge on any atom is -0.481 e. The molecule has 1 atom stereocenters. The van der Waals surface area contributed by atoms with Crippen molar-refractivity contribution in [3.63, 3.8) is 0 Å². The molecule has 1 N–H and O–H groups in total. The lowest BCUT2D eigenvalue weighted by molar-refractivity contribution is -0.137. The minimum atomic E-state index is -0.906. The second-order valence-corrected chi connectivity index (χ2v) is 3.69. The van der Waals surface area contributed by atoms with Crippen molar-refractivity contribution >= 4 is 23.9 Å². The van der Waals surface area contributed by atoms with E-state index in [9.17, 15) is 9.59 Å². The first kappa shape index (κ1) is 11.7. The zero-order valence-electron chi connectivity index (χ0n) is 8.02. The summed E-state index contributed by atoms with van der Waals surface area (Å²) < 4.78 is 0. The molecule has 0 aliphatic carbocycles. The standard InChI is InChI=1S/C11H11ClO3/c12-10-3-1-8(2-4-10)9(5-6-13)7-11(14)15/h1-4,6,9H,5,7H2,(H,14,15). The molecule has 0 aromatic heterocycles. The van der Waals surface area contributed by atoms with Crippen molar-refractivity contribution in [1.82, 2.24) is 0 Å². The Bertz CT molecular complexity index is 345. The Kier molecular flexibility index (Phi) is 4.31. The van der Waals surface area contributed by atoms with Crippen LogP contribution in [0.15, 0.2) is 24.3 Å². The molecule has 1 aromatic rings. The highest BCUT2D eigenvalue weighted by molar-refractivity contribution is 6.30. The summed E-state index contributed by atoms with van der Waals surface area (Å²) in [5.74, 6) is -1.17.